The van der Waals surface area contributed by atoms with Crippen molar-refractivity contribution < 1.29 is 17.7 Å². The molecule has 0 N–H and O–H groups in total. The van der Waals surface area contributed by atoms with Gasteiger partial charge in [-0.3, -0.25) is 0 Å². The maximum Gasteiger partial charge on any atom is 0.137 e. The monoisotopic (exact) mass is 1300 g/mol. The second kappa shape index (κ2) is 21.9. The molecule has 0 spiro atoms. The molecule has 102 heavy (non-hydrogen) atoms. The Hall–Kier alpha value is -13.7. The lowest BCUT2D eigenvalue weighted by molar-refractivity contribution is 0.668. The minimum Gasteiger partial charge on any atom is -0.456 e. The summed E-state index contributed by atoms with van der Waals surface area (Å²) < 4.78 is 26.0. The number of furan rings is 4. The lowest BCUT2D eigenvalue weighted by atomic mass is 9.92. The van der Waals surface area contributed by atoms with E-state index in [-0.39, 0.29) is 0 Å². The summed E-state index contributed by atoms with van der Waals surface area (Å²) in [5.74, 6) is 0. The molecular formula is C96H56N2O4. The molecule has 6 heteroatoms. The summed E-state index contributed by atoms with van der Waals surface area (Å²) in [4.78, 5) is 4.67. The molecule has 474 valence electrons. The van der Waals surface area contributed by atoms with Crippen LogP contribution in [0.5, 0.6) is 0 Å². The van der Waals surface area contributed by atoms with Crippen molar-refractivity contribution in [3.63, 3.8) is 0 Å². The molecule has 0 saturated heterocycles. The predicted molar refractivity (Wildman–Crippen MR) is 426 cm³/mol. The highest BCUT2D eigenvalue weighted by Crippen LogP contribution is 2.47. The number of nitrogens with zero attached hydrogens (tertiary/aromatic N) is 2. The number of hydrogen-bond donors (Lipinski definition) is 0. The number of fused-ring (bicyclic) bond motifs is 22. The Bertz CT molecular complexity index is 7160. The van der Waals surface area contributed by atoms with Crippen molar-refractivity contribution in [1.82, 2.24) is 0 Å². The van der Waals surface area contributed by atoms with Crippen LogP contribution in [0.1, 0.15) is 0 Å². The van der Waals surface area contributed by atoms with Gasteiger partial charge < -0.3 is 27.5 Å². The zero-order valence-corrected chi connectivity index (χ0v) is 54.9. The molecule has 4 aromatic heterocycles. The van der Waals surface area contributed by atoms with Gasteiger partial charge in [0.25, 0.3) is 0 Å². The SMILES string of the molecule is c1ccc2c(c1)ccc1c3cc(-c4ccc(N(c5ccc6c(c5)oc5cccc(-c7ccc8ccc9c%10cc(-c%11ccc(N(c%12ccc%13oc%14ccccc%14c%13c%12)c%12ccc%13oc%14ccccc%14c%13c%12)cc%11)ccc%10ccc9c8c7)c56)c5ccc6oc7ccccc7c6c5)cc4)ccc3ccc21. The Morgan fingerprint density at radius 1 is 0.157 bits per heavy atom. The van der Waals surface area contributed by atoms with Crippen LogP contribution in [0.4, 0.5) is 34.1 Å². The van der Waals surface area contributed by atoms with Gasteiger partial charge in [-0.15, -0.1) is 0 Å². The number of rotatable bonds is 9. The maximum atomic E-state index is 6.97. The molecule has 0 amide bonds. The second-order valence-electron chi connectivity index (χ2n) is 27.0. The van der Waals surface area contributed by atoms with Crippen molar-refractivity contribution in [3.05, 3.63) is 340 Å². The summed E-state index contributed by atoms with van der Waals surface area (Å²) in [6.45, 7) is 0. The highest BCUT2D eigenvalue weighted by atomic mass is 16.3. The third-order valence-electron chi connectivity index (χ3n) is 21.4. The van der Waals surface area contributed by atoms with E-state index in [0.717, 1.165) is 150 Å². The number of anilines is 6. The Morgan fingerprint density at radius 3 is 0.961 bits per heavy atom. The standard InChI is InChI=1S/C96H56N2O4/c1-2-11-72-59(10-1)30-43-75-74(72)42-31-60-20-23-63(50-82(60)75)58-28-36-67(37-29-58)98(70-41-49-93-87(55-70)80-14-5-8-18-90(80)101-93)71-38-46-81-95(56-71)102-94-19-9-15-73(96(81)94)65-25-22-62-33-44-76-77(84(62)52-65)45-32-61-21-24-64(51-83(61)76)57-26-34-66(35-27-57)97(68-39-47-91-85(53-68)78-12-3-6-16-88(78)99-91)69-40-48-92-86(54-69)79-13-4-7-17-89(79)100-92/h1-56H. The molecule has 18 aromatic carbocycles. The van der Waals surface area contributed by atoms with Crippen LogP contribution in [0.25, 0.3) is 186 Å². The zero-order chi connectivity index (χ0) is 66.7. The highest BCUT2D eigenvalue weighted by Gasteiger charge is 2.23. The Labute approximate surface area is 583 Å². The minimum atomic E-state index is 0.810. The molecule has 0 atom stereocenters. The first-order valence-electron chi connectivity index (χ1n) is 34.7. The van der Waals surface area contributed by atoms with Gasteiger partial charge in [0.05, 0.1) is 0 Å². The summed E-state index contributed by atoms with van der Waals surface area (Å²) in [6.07, 6.45) is 0. The molecule has 0 radical (unpaired) electrons. The molecule has 0 aliphatic carbocycles. The van der Waals surface area contributed by atoms with E-state index in [1.54, 1.807) is 0 Å². The fourth-order valence-corrected chi connectivity index (χ4v) is 16.5. The summed E-state index contributed by atoms with van der Waals surface area (Å²) in [5.41, 5.74) is 19.8. The number of hydrogen-bond acceptors (Lipinski definition) is 6. The van der Waals surface area contributed by atoms with Gasteiger partial charge in [-0.2, -0.15) is 0 Å². The molecule has 4 heterocycles. The van der Waals surface area contributed by atoms with Crippen LogP contribution in [0.3, 0.4) is 0 Å². The van der Waals surface area contributed by atoms with Crippen LogP contribution in [-0.4, -0.2) is 0 Å². The van der Waals surface area contributed by atoms with Crippen LogP contribution in [0, 0.1) is 0 Å². The van der Waals surface area contributed by atoms with Gasteiger partial charge in [0.15, 0.2) is 0 Å². The molecule has 22 aromatic rings. The fraction of sp³-hybridized carbons (Fsp3) is 0. The number of para-hydroxylation sites is 3. The summed E-state index contributed by atoms with van der Waals surface area (Å²) in [7, 11) is 0. The molecule has 6 nitrogen and oxygen atoms in total. The molecule has 0 aliphatic rings. The summed E-state index contributed by atoms with van der Waals surface area (Å²) in [5, 5.41) is 23.3. The summed E-state index contributed by atoms with van der Waals surface area (Å²) in [6, 6.07) is 123. The van der Waals surface area contributed by atoms with E-state index in [1.165, 1.54) is 70.2 Å². The smallest absolute Gasteiger partial charge is 0.137 e. The van der Waals surface area contributed by atoms with E-state index < -0.39 is 0 Å². The predicted octanol–water partition coefficient (Wildman–Crippen LogP) is 28.1. The molecule has 0 bridgehead atoms. The average Bonchev–Trinajstić information content (AvgIpc) is 1.07. The van der Waals surface area contributed by atoms with Crippen molar-refractivity contribution >= 4 is 187 Å². The van der Waals surface area contributed by atoms with Crippen molar-refractivity contribution in [2.45, 2.75) is 0 Å². The topological polar surface area (TPSA) is 59.0 Å². The van der Waals surface area contributed by atoms with E-state index in [0.29, 0.717) is 0 Å². The van der Waals surface area contributed by atoms with Gasteiger partial charge >= 0.3 is 0 Å². The van der Waals surface area contributed by atoms with Gasteiger partial charge in [-0.1, -0.05) is 200 Å². The largest absolute Gasteiger partial charge is 0.456 e. The normalized spacial score (nSPS) is 12.1. The summed E-state index contributed by atoms with van der Waals surface area (Å²) >= 11 is 0. The third kappa shape index (κ3) is 8.79. The average molecular weight is 1300 g/mol. The van der Waals surface area contributed by atoms with Crippen LogP contribution in [0.2, 0.25) is 0 Å². The Morgan fingerprint density at radius 2 is 0.480 bits per heavy atom. The lowest BCUT2D eigenvalue weighted by Gasteiger charge is -2.26. The Kier molecular flexibility index (Phi) is 12.1. The zero-order valence-electron chi connectivity index (χ0n) is 54.9. The van der Waals surface area contributed by atoms with Gasteiger partial charge in [-0.05, 0) is 231 Å². The fourth-order valence-electron chi connectivity index (χ4n) is 16.5. The quantitative estimate of drug-likeness (QED) is 0.134. The first-order valence-corrected chi connectivity index (χ1v) is 34.7. The van der Waals surface area contributed by atoms with Crippen LogP contribution >= 0.6 is 0 Å². The van der Waals surface area contributed by atoms with Gasteiger partial charge in [-0.25, -0.2) is 0 Å². The molecule has 22 rings (SSSR count). The molecule has 0 aliphatic heterocycles. The second-order valence-corrected chi connectivity index (χ2v) is 27.0. The van der Waals surface area contributed by atoms with Gasteiger partial charge in [0.1, 0.15) is 44.7 Å². The number of benzene rings is 18. The van der Waals surface area contributed by atoms with Gasteiger partial charge in [0.2, 0.25) is 0 Å². The third-order valence-corrected chi connectivity index (χ3v) is 21.4. The maximum absolute atomic E-state index is 6.97. The van der Waals surface area contributed by atoms with E-state index in [4.69, 9.17) is 17.7 Å². The molecule has 0 unspecified atom stereocenters. The Balaban J connectivity index is 0.616. The van der Waals surface area contributed by atoms with Crippen molar-refractivity contribution in [2.75, 3.05) is 9.80 Å². The molecule has 0 fully saturated rings. The molecule has 0 saturated carbocycles. The highest BCUT2D eigenvalue weighted by molar-refractivity contribution is 6.21. The van der Waals surface area contributed by atoms with Crippen LogP contribution in [-0.2, 0) is 0 Å². The van der Waals surface area contributed by atoms with E-state index >= 15 is 0 Å². The van der Waals surface area contributed by atoms with E-state index in [9.17, 15) is 0 Å². The first kappa shape index (κ1) is 56.3. The molecular weight excluding hydrogens is 1250 g/mol. The van der Waals surface area contributed by atoms with E-state index in [2.05, 4.69) is 313 Å². The van der Waals surface area contributed by atoms with E-state index in [1.807, 2.05) is 36.4 Å². The van der Waals surface area contributed by atoms with Crippen molar-refractivity contribution in [1.29, 1.82) is 0 Å². The first-order chi connectivity index (χ1) is 50.5. The lowest BCUT2D eigenvalue weighted by Crippen LogP contribution is -2.09. The van der Waals surface area contributed by atoms with Crippen LogP contribution in [0.15, 0.2) is 357 Å². The van der Waals surface area contributed by atoms with Crippen molar-refractivity contribution in [2.24, 2.45) is 0 Å². The van der Waals surface area contributed by atoms with Crippen LogP contribution < -0.4 is 9.80 Å². The minimum absolute atomic E-state index is 0.810. The van der Waals surface area contributed by atoms with Crippen molar-refractivity contribution in [3.8, 4) is 33.4 Å². The van der Waals surface area contributed by atoms with Gasteiger partial charge in [0, 0.05) is 83.3 Å².